The summed E-state index contributed by atoms with van der Waals surface area (Å²) in [4.78, 5) is 13.9. The molecule has 0 aliphatic carbocycles. The second-order valence-corrected chi connectivity index (χ2v) is 6.27. The second kappa shape index (κ2) is 6.11. The first-order valence-corrected chi connectivity index (χ1v) is 8.06. The highest BCUT2D eigenvalue weighted by Crippen LogP contribution is 2.37. The summed E-state index contributed by atoms with van der Waals surface area (Å²) in [7, 11) is 0. The number of H-pyrrole nitrogens is 1. The standard InChI is InChI=1S/C15H10FN7O2S/c16-9-3-1-7(2-4-9)11-8(6-19-20-11)5-10-14(24)23(15(18)26-10)13-12(17)21-25-22-13/h1-6,18H,(H2,17,21)(H,19,20). The fraction of sp³-hybridized carbons (Fsp3) is 0. The number of carbonyl (C=O) groups is 1. The van der Waals surface area contributed by atoms with Crippen molar-refractivity contribution in [2.45, 2.75) is 0 Å². The molecule has 0 atom stereocenters. The topological polar surface area (TPSA) is 138 Å². The molecule has 1 aliphatic heterocycles. The molecule has 0 radical (unpaired) electrons. The summed E-state index contributed by atoms with van der Waals surface area (Å²) in [5.74, 6) is -0.937. The number of nitrogen functional groups attached to an aromatic ring is 1. The van der Waals surface area contributed by atoms with E-state index in [0.29, 0.717) is 16.8 Å². The van der Waals surface area contributed by atoms with E-state index in [1.54, 1.807) is 18.2 Å². The Labute approximate surface area is 149 Å². The van der Waals surface area contributed by atoms with Crippen molar-refractivity contribution in [3.63, 3.8) is 0 Å². The number of carbonyl (C=O) groups excluding carboxylic acids is 1. The van der Waals surface area contributed by atoms with Crippen LogP contribution in [0, 0.1) is 11.2 Å². The van der Waals surface area contributed by atoms with Crippen molar-refractivity contribution in [1.82, 2.24) is 20.5 Å². The van der Waals surface area contributed by atoms with E-state index in [0.717, 1.165) is 16.7 Å². The Morgan fingerprint density at radius 2 is 2.08 bits per heavy atom. The number of halogens is 1. The van der Waals surface area contributed by atoms with Crippen molar-refractivity contribution < 1.29 is 13.8 Å². The molecule has 1 aromatic carbocycles. The zero-order valence-electron chi connectivity index (χ0n) is 12.9. The van der Waals surface area contributed by atoms with E-state index < -0.39 is 5.91 Å². The minimum atomic E-state index is -0.478. The summed E-state index contributed by atoms with van der Waals surface area (Å²) < 4.78 is 17.6. The number of hydrogen-bond donors (Lipinski definition) is 3. The molecule has 0 spiro atoms. The second-order valence-electron chi connectivity index (χ2n) is 5.24. The van der Waals surface area contributed by atoms with Crippen LogP contribution in [-0.4, -0.2) is 31.6 Å². The summed E-state index contributed by atoms with van der Waals surface area (Å²) in [6.07, 6.45) is 3.13. The number of benzene rings is 1. The fourth-order valence-corrected chi connectivity index (χ4v) is 3.25. The molecule has 9 nitrogen and oxygen atoms in total. The van der Waals surface area contributed by atoms with Crippen LogP contribution in [0.4, 0.5) is 16.0 Å². The number of amides is 1. The van der Waals surface area contributed by atoms with E-state index in [-0.39, 0.29) is 27.5 Å². The van der Waals surface area contributed by atoms with Gasteiger partial charge in [0.05, 0.1) is 16.8 Å². The molecule has 1 aliphatic rings. The van der Waals surface area contributed by atoms with E-state index in [1.165, 1.54) is 18.3 Å². The molecule has 0 saturated carbocycles. The van der Waals surface area contributed by atoms with Crippen molar-refractivity contribution in [3.05, 3.63) is 46.7 Å². The molecular formula is C15H10FN7O2S. The number of anilines is 2. The number of rotatable bonds is 3. The lowest BCUT2D eigenvalue weighted by molar-refractivity contribution is -0.113. The molecular weight excluding hydrogens is 361 g/mol. The van der Waals surface area contributed by atoms with Crippen LogP contribution >= 0.6 is 11.8 Å². The molecule has 0 bridgehead atoms. The fourth-order valence-electron chi connectivity index (χ4n) is 2.42. The van der Waals surface area contributed by atoms with E-state index in [2.05, 4.69) is 25.1 Å². The van der Waals surface area contributed by atoms with E-state index in [4.69, 9.17) is 11.1 Å². The maximum absolute atomic E-state index is 13.1. The van der Waals surface area contributed by atoms with Gasteiger partial charge in [-0.3, -0.25) is 15.3 Å². The average Bonchev–Trinajstić information content (AvgIpc) is 3.30. The van der Waals surface area contributed by atoms with Gasteiger partial charge < -0.3 is 5.73 Å². The van der Waals surface area contributed by atoms with Crippen molar-refractivity contribution >= 4 is 40.5 Å². The van der Waals surface area contributed by atoms with Crippen LogP contribution in [-0.2, 0) is 4.79 Å². The zero-order chi connectivity index (χ0) is 18.3. The predicted octanol–water partition coefficient (Wildman–Crippen LogP) is 2.24. The number of nitrogens with zero attached hydrogens (tertiary/aromatic N) is 4. The van der Waals surface area contributed by atoms with Gasteiger partial charge in [0.25, 0.3) is 5.91 Å². The highest BCUT2D eigenvalue weighted by atomic mass is 32.2. The Morgan fingerprint density at radius 1 is 1.31 bits per heavy atom. The molecule has 26 heavy (non-hydrogen) atoms. The van der Waals surface area contributed by atoms with Gasteiger partial charge in [-0.2, -0.15) is 5.10 Å². The average molecular weight is 371 g/mol. The highest BCUT2D eigenvalue weighted by molar-refractivity contribution is 8.19. The molecule has 4 N–H and O–H groups in total. The predicted molar refractivity (Wildman–Crippen MR) is 93.5 cm³/mol. The van der Waals surface area contributed by atoms with Gasteiger partial charge in [0.2, 0.25) is 11.6 Å². The molecule has 130 valence electrons. The van der Waals surface area contributed by atoms with Crippen LogP contribution in [0.15, 0.2) is 40.0 Å². The van der Waals surface area contributed by atoms with Crippen LogP contribution in [0.3, 0.4) is 0 Å². The molecule has 3 heterocycles. The van der Waals surface area contributed by atoms with Crippen molar-refractivity contribution in [2.24, 2.45) is 0 Å². The molecule has 11 heteroatoms. The molecule has 3 aromatic rings. The van der Waals surface area contributed by atoms with E-state index in [9.17, 15) is 9.18 Å². The van der Waals surface area contributed by atoms with Crippen LogP contribution in [0.5, 0.6) is 0 Å². The van der Waals surface area contributed by atoms with Crippen LogP contribution in [0.25, 0.3) is 17.3 Å². The molecule has 0 unspecified atom stereocenters. The van der Waals surface area contributed by atoms with Gasteiger partial charge >= 0.3 is 0 Å². The van der Waals surface area contributed by atoms with Gasteiger partial charge in [0, 0.05) is 11.1 Å². The van der Waals surface area contributed by atoms with Gasteiger partial charge in [0.1, 0.15) is 5.82 Å². The number of thioether (sulfide) groups is 1. The lowest BCUT2D eigenvalue weighted by Crippen LogP contribution is -2.29. The third kappa shape index (κ3) is 2.63. The number of nitrogens with two attached hydrogens (primary N) is 1. The van der Waals surface area contributed by atoms with Gasteiger partial charge in [0.15, 0.2) is 5.17 Å². The highest BCUT2D eigenvalue weighted by Gasteiger charge is 2.37. The van der Waals surface area contributed by atoms with Crippen molar-refractivity contribution in [1.29, 1.82) is 5.41 Å². The quantitative estimate of drug-likeness (QED) is 0.600. The smallest absolute Gasteiger partial charge is 0.272 e. The first kappa shape index (κ1) is 16.0. The molecule has 1 amide bonds. The lowest BCUT2D eigenvalue weighted by Gasteiger charge is -2.09. The Kier molecular flexibility index (Phi) is 3.77. The van der Waals surface area contributed by atoms with Gasteiger partial charge in [-0.15, -0.1) is 0 Å². The maximum Gasteiger partial charge on any atom is 0.272 e. The largest absolute Gasteiger partial charge is 0.378 e. The van der Waals surface area contributed by atoms with Gasteiger partial charge in [-0.05, 0) is 52.4 Å². The Bertz CT molecular complexity index is 1040. The summed E-state index contributed by atoms with van der Waals surface area (Å²) in [6, 6.07) is 5.87. The summed E-state index contributed by atoms with van der Waals surface area (Å²) in [5.41, 5.74) is 7.56. The Morgan fingerprint density at radius 3 is 2.77 bits per heavy atom. The third-order valence-corrected chi connectivity index (χ3v) is 4.51. The minimum Gasteiger partial charge on any atom is -0.378 e. The summed E-state index contributed by atoms with van der Waals surface area (Å²) in [6.45, 7) is 0. The van der Waals surface area contributed by atoms with Crippen LogP contribution in [0.2, 0.25) is 0 Å². The first-order chi connectivity index (χ1) is 12.5. The SMILES string of the molecule is N=C1SC(=Cc2cn[nH]c2-c2ccc(F)cc2)C(=O)N1c1nonc1N. The Hall–Kier alpha value is -3.47. The number of aromatic amines is 1. The number of hydrogen-bond acceptors (Lipinski definition) is 8. The van der Waals surface area contributed by atoms with Crippen LogP contribution in [0.1, 0.15) is 5.56 Å². The third-order valence-electron chi connectivity index (χ3n) is 3.62. The molecule has 4 rings (SSSR count). The summed E-state index contributed by atoms with van der Waals surface area (Å²) >= 11 is 0.947. The van der Waals surface area contributed by atoms with Crippen LogP contribution < -0.4 is 10.6 Å². The maximum atomic E-state index is 13.1. The van der Waals surface area contributed by atoms with E-state index >= 15 is 0 Å². The zero-order valence-corrected chi connectivity index (χ0v) is 13.7. The molecule has 2 aromatic heterocycles. The number of aromatic nitrogens is 4. The minimum absolute atomic E-state index is 0.0261. The number of nitrogens with one attached hydrogen (secondary N) is 2. The molecule has 1 fully saturated rings. The normalized spacial score (nSPS) is 16.0. The lowest BCUT2D eigenvalue weighted by atomic mass is 10.1. The van der Waals surface area contributed by atoms with Crippen molar-refractivity contribution in [2.75, 3.05) is 10.6 Å². The number of amidine groups is 1. The monoisotopic (exact) mass is 371 g/mol. The van der Waals surface area contributed by atoms with Gasteiger partial charge in [-0.25, -0.2) is 13.9 Å². The van der Waals surface area contributed by atoms with E-state index in [1.807, 2.05) is 0 Å². The first-order valence-electron chi connectivity index (χ1n) is 7.24. The van der Waals surface area contributed by atoms with Crippen molar-refractivity contribution in [3.8, 4) is 11.3 Å². The summed E-state index contributed by atoms with van der Waals surface area (Å²) in [5, 5.41) is 21.7. The van der Waals surface area contributed by atoms with Gasteiger partial charge in [-0.1, -0.05) is 0 Å². The Balaban J connectivity index is 1.69. The molecule has 1 saturated heterocycles.